The summed E-state index contributed by atoms with van der Waals surface area (Å²) in [5.74, 6) is 1.83. The van der Waals surface area contributed by atoms with Crippen molar-refractivity contribution in [2.24, 2.45) is 5.92 Å². The van der Waals surface area contributed by atoms with E-state index in [2.05, 4.69) is 34.7 Å². The van der Waals surface area contributed by atoms with Crippen molar-refractivity contribution in [2.75, 3.05) is 6.54 Å². The molecule has 7 heteroatoms. The minimum absolute atomic E-state index is 0.0404. The molecule has 6 nitrogen and oxygen atoms in total. The predicted octanol–water partition coefficient (Wildman–Crippen LogP) is 3.73. The van der Waals surface area contributed by atoms with Gasteiger partial charge in [-0.15, -0.1) is 16.9 Å². The second-order valence-electron chi connectivity index (χ2n) is 6.57. The third-order valence-corrected chi connectivity index (χ3v) is 5.10. The number of tetrazole rings is 1. The third kappa shape index (κ3) is 5.17. The van der Waals surface area contributed by atoms with Crippen LogP contribution in [0.2, 0.25) is 0 Å². The van der Waals surface area contributed by atoms with Crippen molar-refractivity contribution in [3.05, 3.63) is 66.0 Å². The molecule has 0 aliphatic rings. The van der Waals surface area contributed by atoms with Crippen molar-refractivity contribution in [3.8, 4) is 5.69 Å². The van der Waals surface area contributed by atoms with Gasteiger partial charge in [0.25, 0.3) is 5.91 Å². The van der Waals surface area contributed by atoms with E-state index in [9.17, 15) is 4.79 Å². The number of hydrogen-bond acceptors (Lipinski definition) is 5. The van der Waals surface area contributed by atoms with Crippen LogP contribution in [0.4, 0.5) is 0 Å². The summed E-state index contributed by atoms with van der Waals surface area (Å²) in [6.07, 6.45) is 0.965. The quantitative estimate of drug-likeness (QED) is 0.602. The second kappa shape index (κ2) is 9.32. The van der Waals surface area contributed by atoms with Crippen molar-refractivity contribution >= 4 is 17.7 Å². The molecular formula is C20H23N5OS. The highest BCUT2D eigenvalue weighted by Gasteiger charge is 2.14. The molecule has 1 N–H and O–H groups in total. The fraction of sp³-hybridized carbons (Fsp3) is 0.300. The lowest BCUT2D eigenvalue weighted by atomic mass is 10.1. The predicted molar refractivity (Wildman–Crippen MR) is 107 cm³/mol. The molecule has 140 valence electrons. The van der Waals surface area contributed by atoms with Crippen LogP contribution < -0.4 is 5.32 Å². The Bertz CT molecular complexity index is 879. The standard InChI is InChI=1S/C20H23N5OS/c1-15(2)12-13-21-20(26)17-10-6-7-11-18(17)27-14-19-22-23-24-25(19)16-8-4-3-5-9-16/h3-11,15H,12-14H2,1-2H3,(H,21,26). The highest BCUT2D eigenvalue weighted by molar-refractivity contribution is 7.98. The maximum atomic E-state index is 12.5. The van der Waals surface area contributed by atoms with Gasteiger partial charge in [0.1, 0.15) is 0 Å². The Kier molecular flexibility index (Phi) is 6.59. The highest BCUT2D eigenvalue weighted by Crippen LogP contribution is 2.26. The van der Waals surface area contributed by atoms with E-state index in [-0.39, 0.29) is 5.91 Å². The molecule has 0 fully saturated rings. The van der Waals surface area contributed by atoms with Crippen LogP contribution in [0.3, 0.4) is 0 Å². The van der Waals surface area contributed by atoms with Crippen molar-refractivity contribution in [1.82, 2.24) is 25.5 Å². The molecule has 3 rings (SSSR count). The van der Waals surface area contributed by atoms with Gasteiger partial charge in [-0.1, -0.05) is 44.2 Å². The van der Waals surface area contributed by atoms with Gasteiger partial charge in [0.15, 0.2) is 5.82 Å². The van der Waals surface area contributed by atoms with E-state index in [1.54, 1.807) is 16.4 Å². The third-order valence-electron chi connectivity index (χ3n) is 4.03. The molecule has 1 heterocycles. The summed E-state index contributed by atoms with van der Waals surface area (Å²) in [7, 11) is 0. The Hall–Kier alpha value is -2.67. The van der Waals surface area contributed by atoms with Gasteiger partial charge in [0, 0.05) is 11.4 Å². The van der Waals surface area contributed by atoms with Crippen molar-refractivity contribution in [1.29, 1.82) is 0 Å². The van der Waals surface area contributed by atoms with Gasteiger partial charge in [-0.2, -0.15) is 4.68 Å². The van der Waals surface area contributed by atoms with Crippen LogP contribution in [-0.2, 0) is 5.75 Å². The van der Waals surface area contributed by atoms with Crippen LogP contribution in [-0.4, -0.2) is 32.7 Å². The summed E-state index contributed by atoms with van der Waals surface area (Å²) in [5.41, 5.74) is 1.60. The van der Waals surface area contributed by atoms with Gasteiger partial charge in [-0.25, -0.2) is 0 Å². The van der Waals surface area contributed by atoms with Gasteiger partial charge in [-0.3, -0.25) is 4.79 Å². The highest BCUT2D eigenvalue weighted by atomic mass is 32.2. The number of carbonyl (C=O) groups excluding carboxylic acids is 1. The SMILES string of the molecule is CC(C)CCNC(=O)c1ccccc1SCc1nnnn1-c1ccccc1. The fourth-order valence-corrected chi connectivity index (χ4v) is 3.51. The Morgan fingerprint density at radius 2 is 1.85 bits per heavy atom. The number of amides is 1. The lowest BCUT2D eigenvalue weighted by molar-refractivity contribution is 0.0949. The Labute approximate surface area is 163 Å². The van der Waals surface area contributed by atoms with Crippen molar-refractivity contribution < 1.29 is 4.79 Å². The zero-order chi connectivity index (χ0) is 19.1. The van der Waals surface area contributed by atoms with E-state index in [0.29, 0.717) is 23.8 Å². The number of nitrogens with one attached hydrogen (secondary N) is 1. The smallest absolute Gasteiger partial charge is 0.252 e. The van der Waals surface area contributed by atoms with E-state index in [1.807, 2.05) is 54.6 Å². The second-order valence-corrected chi connectivity index (χ2v) is 7.58. The topological polar surface area (TPSA) is 72.7 Å². The van der Waals surface area contributed by atoms with Gasteiger partial charge >= 0.3 is 0 Å². The van der Waals surface area contributed by atoms with Gasteiger partial charge in [0.05, 0.1) is 17.0 Å². The number of aromatic nitrogens is 4. The molecule has 0 bridgehead atoms. The van der Waals surface area contributed by atoms with Gasteiger partial charge in [-0.05, 0) is 47.0 Å². The van der Waals surface area contributed by atoms with Crippen molar-refractivity contribution in [2.45, 2.75) is 30.9 Å². The van der Waals surface area contributed by atoms with Crippen LogP contribution >= 0.6 is 11.8 Å². The molecule has 0 aliphatic heterocycles. The van der Waals surface area contributed by atoms with Gasteiger partial charge < -0.3 is 5.32 Å². The van der Waals surface area contributed by atoms with Crippen LogP contribution in [0.25, 0.3) is 5.69 Å². The largest absolute Gasteiger partial charge is 0.352 e. The summed E-state index contributed by atoms with van der Waals surface area (Å²) < 4.78 is 1.72. The molecule has 0 saturated carbocycles. The summed E-state index contributed by atoms with van der Waals surface area (Å²) in [6, 6.07) is 17.4. The minimum Gasteiger partial charge on any atom is -0.352 e. The average molecular weight is 382 g/mol. The number of benzene rings is 2. The molecule has 27 heavy (non-hydrogen) atoms. The molecule has 1 amide bonds. The molecule has 0 saturated heterocycles. The Morgan fingerprint density at radius 3 is 2.63 bits per heavy atom. The first-order chi connectivity index (χ1) is 13.1. The summed E-state index contributed by atoms with van der Waals surface area (Å²) in [6.45, 7) is 4.97. The molecular weight excluding hydrogens is 358 g/mol. The number of hydrogen-bond donors (Lipinski definition) is 1. The van der Waals surface area contributed by atoms with Crippen LogP contribution in [0.5, 0.6) is 0 Å². The Morgan fingerprint density at radius 1 is 1.11 bits per heavy atom. The van der Waals surface area contributed by atoms with E-state index >= 15 is 0 Å². The molecule has 0 radical (unpaired) electrons. The number of carbonyl (C=O) groups is 1. The number of nitrogens with zero attached hydrogens (tertiary/aromatic N) is 4. The average Bonchev–Trinajstić information content (AvgIpc) is 3.15. The van der Waals surface area contributed by atoms with Crippen LogP contribution in [0.1, 0.15) is 36.5 Å². The summed E-state index contributed by atoms with van der Waals surface area (Å²) in [5, 5.41) is 15.0. The molecule has 0 atom stereocenters. The van der Waals surface area contributed by atoms with Crippen molar-refractivity contribution in [3.63, 3.8) is 0 Å². The summed E-state index contributed by atoms with van der Waals surface area (Å²) in [4.78, 5) is 13.4. The lowest BCUT2D eigenvalue weighted by Crippen LogP contribution is -2.25. The maximum absolute atomic E-state index is 12.5. The van der Waals surface area contributed by atoms with E-state index in [4.69, 9.17) is 0 Å². The zero-order valence-corrected chi connectivity index (χ0v) is 16.3. The Balaban J connectivity index is 1.69. The van der Waals surface area contributed by atoms with Gasteiger partial charge in [0.2, 0.25) is 0 Å². The number of thioether (sulfide) groups is 1. The van der Waals surface area contributed by atoms with Crippen LogP contribution in [0, 0.1) is 5.92 Å². The maximum Gasteiger partial charge on any atom is 0.252 e. The summed E-state index contributed by atoms with van der Waals surface area (Å²) >= 11 is 1.56. The van der Waals surface area contributed by atoms with E-state index < -0.39 is 0 Å². The lowest BCUT2D eigenvalue weighted by Gasteiger charge is -2.11. The molecule has 3 aromatic rings. The number of rotatable bonds is 8. The first-order valence-electron chi connectivity index (χ1n) is 8.98. The molecule has 1 aromatic heterocycles. The zero-order valence-electron chi connectivity index (χ0n) is 15.5. The van der Waals surface area contributed by atoms with E-state index in [1.165, 1.54) is 0 Å². The monoisotopic (exact) mass is 381 g/mol. The molecule has 2 aromatic carbocycles. The molecule has 0 spiro atoms. The molecule has 0 aliphatic carbocycles. The normalized spacial score (nSPS) is 10.9. The van der Waals surface area contributed by atoms with Crippen LogP contribution in [0.15, 0.2) is 59.5 Å². The fourth-order valence-electron chi connectivity index (χ4n) is 2.56. The first kappa shape index (κ1) is 19.1. The molecule has 0 unspecified atom stereocenters. The first-order valence-corrected chi connectivity index (χ1v) is 9.96. The minimum atomic E-state index is -0.0404. The van der Waals surface area contributed by atoms with E-state index in [0.717, 1.165) is 22.8 Å². The number of para-hydroxylation sites is 1.